The van der Waals surface area contributed by atoms with Gasteiger partial charge in [-0.1, -0.05) is 30.3 Å². The number of amides is 1. The molecule has 1 aromatic carbocycles. The molecule has 138 valence electrons. The summed E-state index contributed by atoms with van der Waals surface area (Å²) < 4.78 is 0. The number of carbonyl (C=O) groups excluding carboxylic acids is 1. The van der Waals surface area contributed by atoms with E-state index in [1.165, 1.54) is 5.56 Å². The molecule has 0 aliphatic carbocycles. The van der Waals surface area contributed by atoms with Crippen LogP contribution in [0.5, 0.6) is 0 Å². The van der Waals surface area contributed by atoms with E-state index in [1.807, 2.05) is 30.9 Å². The Balaban J connectivity index is 1.48. The van der Waals surface area contributed by atoms with Gasteiger partial charge in [0, 0.05) is 36.9 Å². The van der Waals surface area contributed by atoms with E-state index in [9.17, 15) is 4.79 Å². The van der Waals surface area contributed by atoms with E-state index in [2.05, 4.69) is 39.6 Å². The van der Waals surface area contributed by atoms with E-state index in [4.69, 9.17) is 0 Å². The summed E-state index contributed by atoms with van der Waals surface area (Å²) in [5.41, 5.74) is 3.22. The van der Waals surface area contributed by atoms with E-state index >= 15 is 0 Å². The van der Waals surface area contributed by atoms with Gasteiger partial charge < -0.3 is 10.2 Å². The lowest BCUT2D eigenvalue weighted by Crippen LogP contribution is -2.39. The highest BCUT2D eigenvalue weighted by molar-refractivity contribution is 5.76. The Kier molecular flexibility index (Phi) is 6.21. The zero-order chi connectivity index (χ0) is 18.4. The molecule has 1 aliphatic heterocycles. The van der Waals surface area contributed by atoms with Crippen LogP contribution in [0.2, 0.25) is 0 Å². The molecule has 26 heavy (non-hydrogen) atoms. The number of aryl methyl sites for hydroxylation is 3. The van der Waals surface area contributed by atoms with Crippen molar-refractivity contribution in [2.24, 2.45) is 0 Å². The molecule has 3 rings (SSSR count). The number of nitrogens with one attached hydrogen (secondary N) is 1. The average molecular weight is 352 g/mol. The first-order valence-electron chi connectivity index (χ1n) is 9.51. The van der Waals surface area contributed by atoms with Crippen molar-refractivity contribution < 1.29 is 4.79 Å². The zero-order valence-electron chi connectivity index (χ0n) is 15.7. The molecule has 1 N–H and O–H groups in total. The van der Waals surface area contributed by atoms with Crippen molar-refractivity contribution in [1.29, 1.82) is 0 Å². The summed E-state index contributed by atoms with van der Waals surface area (Å²) in [6, 6.07) is 12.6. The number of hydrogen-bond donors (Lipinski definition) is 1. The van der Waals surface area contributed by atoms with Gasteiger partial charge in [-0.15, -0.1) is 0 Å². The summed E-state index contributed by atoms with van der Waals surface area (Å²) >= 11 is 0. The predicted octanol–water partition coefficient (Wildman–Crippen LogP) is 3.52. The maximum Gasteiger partial charge on any atom is 0.223 e. The lowest BCUT2D eigenvalue weighted by molar-refractivity contribution is -0.131. The normalized spacial score (nSPS) is 16.7. The molecule has 5 nitrogen and oxygen atoms in total. The average Bonchev–Trinajstić information content (AvgIpc) is 3.09. The van der Waals surface area contributed by atoms with Gasteiger partial charge in [-0.2, -0.15) is 0 Å². The Hall–Kier alpha value is -2.43. The largest absolute Gasteiger partial charge is 0.352 e. The Morgan fingerprint density at radius 3 is 2.65 bits per heavy atom. The first-order valence-corrected chi connectivity index (χ1v) is 9.51. The minimum Gasteiger partial charge on any atom is -0.352 e. The predicted molar refractivity (Wildman–Crippen MR) is 104 cm³/mol. The second kappa shape index (κ2) is 8.79. The molecule has 2 heterocycles. The van der Waals surface area contributed by atoms with Crippen LogP contribution in [0.3, 0.4) is 0 Å². The Bertz CT molecular complexity index is 712. The minimum absolute atomic E-state index is 0.239. The highest BCUT2D eigenvalue weighted by Gasteiger charge is 2.28. The zero-order valence-corrected chi connectivity index (χ0v) is 15.7. The molecule has 2 aromatic rings. The molecular formula is C21H28N4O. The van der Waals surface area contributed by atoms with Gasteiger partial charge in [-0.25, -0.2) is 9.97 Å². The van der Waals surface area contributed by atoms with Crippen LogP contribution < -0.4 is 5.32 Å². The van der Waals surface area contributed by atoms with Crippen molar-refractivity contribution in [3.8, 4) is 0 Å². The molecular weight excluding hydrogens is 324 g/mol. The summed E-state index contributed by atoms with van der Waals surface area (Å²) in [4.78, 5) is 23.5. The SMILES string of the molecule is Cc1cc(C)nc(NC[C@H]2CCCN2C(=O)CCCc2ccccc2)n1. The quantitative estimate of drug-likeness (QED) is 0.828. The molecule has 0 spiro atoms. The van der Waals surface area contributed by atoms with Crippen molar-refractivity contribution in [1.82, 2.24) is 14.9 Å². The molecule has 1 saturated heterocycles. The van der Waals surface area contributed by atoms with Gasteiger partial charge in [0.2, 0.25) is 11.9 Å². The smallest absolute Gasteiger partial charge is 0.223 e. The number of anilines is 1. The van der Waals surface area contributed by atoms with Gasteiger partial charge in [-0.3, -0.25) is 4.79 Å². The minimum atomic E-state index is 0.239. The van der Waals surface area contributed by atoms with Crippen molar-refractivity contribution in [2.75, 3.05) is 18.4 Å². The Morgan fingerprint density at radius 2 is 1.92 bits per heavy atom. The van der Waals surface area contributed by atoms with Gasteiger partial charge in [0.05, 0.1) is 0 Å². The fourth-order valence-electron chi connectivity index (χ4n) is 3.62. The van der Waals surface area contributed by atoms with Crippen LogP contribution in [-0.4, -0.2) is 39.9 Å². The molecule has 0 radical (unpaired) electrons. The molecule has 1 atom stereocenters. The summed E-state index contributed by atoms with van der Waals surface area (Å²) in [6.45, 7) is 5.52. The first kappa shape index (κ1) is 18.4. The fraction of sp³-hybridized carbons (Fsp3) is 0.476. The third kappa shape index (κ3) is 5.04. The topological polar surface area (TPSA) is 58.1 Å². The Morgan fingerprint density at radius 1 is 1.19 bits per heavy atom. The van der Waals surface area contributed by atoms with Gasteiger partial charge in [0.25, 0.3) is 0 Å². The van der Waals surface area contributed by atoms with Gasteiger partial charge >= 0.3 is 0 Å². The highest BCUT2D eigenvalue weighted by atomic mass is 16.2. The molecule has 0 bridgehead atoms. The molecule has 1 amide bonds. The van der Waals surface area contributed by atoms with Gasteiger partial charge in [-0.05, 0) is 51.2 Å². The summed E-state index contributed by atoms with van der Waals surface area (Å²) in [5, 5.41) is 3.32. The number of benzene rings is 1. The van der Waals surface area contributed by atoms with E-state index in [0.29, 0.717) is 18.9 Å². The van der Waals surface area contributed by atoms with Crippen LogP contribution in [0.4, 0.5) is 5.95 Å². The van der Waals surface area contributed by atoms with Crippen molar-refractivity contribution in [3.63, 3.8) is 0 Å². The number of hydrogen-bond acceptors (Lipinski definition) is 4. The van der Waals surface area contributed by atoms with E-state index in [1.54, 1.807) is 0 Å². The lowest BCUT2D eigenvalue weighted by atomic mass is 10.1. The standard InChI is InChI=1S/C21H28N4O/c1-16-14-17(2)24-21(23-16)22-15-19-11-7-13-25(19)20(26)12-6-10-18-8-4-3-5-9-18/h3-5,8-9,14,19H,6-7,10-13,15H2,1-2H3,(H,22,23,24)/t19-/m1/s1. The van der Waals surface area contributed by atoms with Gasteiger partial charge in [0.1, 0.15) is 0 Å². The number of rotatable bonds is 7. The van der Waals surface area contributed by atoms with Gasteiger partial charge in [0.15, 0.2) is 0 Å². The van der Waals surface area contributed by atoms with Crippen molar-refractivity contribution >= 4 is 11.9 Å². The van der Waals surface area contributed by atoms with Crippen molar-refractivity contribution in [2.45, 2.75) is 52.0 Å². The summed E-state index contributed by atoms with van der Waals surface area (Å²) in [7, 11) is 0. The molecule has 1 aromatic heterocycles. The maximum absolute atomic E-state index is 12.6. The second-order valence-corrected chi connectivity index (χ2v) is 7.08. The molecule has 1 aliphatic rings. The third-order valence-electron chi connectivity index (χ3n) is 4.87. The number of carbonyl (C=O) groups is 1. The van der Waals surface area contributed by atoms with Crippen LogP contribution in [0.15, 0.2) is 36.4 Å². The van der Waals surface area contributed by atoms with Crippen LogP contribution >= 0.6 is 0 Å². The highest BCUT2D eigenvalue weighted by Crippen LogP contribution is 2.19. The monoisotopic (exact) mass is 352 g/mol. The molecule has 0 unspecified atom stereocenters. The number of aromatic nitrogens is 2. The Labute approximate surface area is 155 Å². The summed E-state index contributed by atoms with van der Waals surface area (Å²) in [6.07, 6.45) is 4.59. The van der Waals surface area contributed by atoms with E-state index in [-0.39, 0.29) is 11.9 Å². The van der Waals surface area contributed by atoms with Crippen molar-refractivity contribution in [3.05, 3.63) is 53.3 Å². The molecule has 1 fully saturated rings. The fourth-order valence-corrected chi connectivity index (χ4v) is 3.62. The van der Waals surface area contributed by atoms with E-state index in [0.717, 1.165) is 43.6 Å². The third-order valence-corrected chi connectivity index (χ3v) is 4.87. The second-order valence-electron chi connectivity index (χ2n) is 7.08. The number of likely N-dealkylation sites (tertiary alicyclic amines) is 1. The van der Waals surface area contributed by atoms with Crippen LogP contribution in [0, 0.1) is 13.8 Å². The maximum atomic E-state index is 12.6. The summed E-state index contributed by atoms with van der Waals surface area (Å²) in [5.74, 6) is 0.928. The number of nitrogens with zero attached hydrogens (tertiary/aromatic N) is 3. The van der Waals surface area contributed by atoms with Crippen LogP contribution in [-0.2, 0) is 11.2 Å². The van der Waals surface area contributed by atoms with E-state index < -0.39 is 0 Å². The van der Waals surface area contributed by atoms with Crippen LogP contribution in [0.1, 0.15) is 42.6 Å². The lowest BCUT2D eigenvalue weighted by Gasteiger charge is -2.25. The molecule has 5 heteroatoms. The molecule has 0 saturated carbocycles. The first-order chi connectivity index (χ1) is 12.6. The van der Waals surface area contributed by atoms with Crippen LogP contribution in [0.25, 0.3) is 0 Å².